The summed E-state index contributed by atoms with van der Waals surface area (Å²) in [6.45, 7) is 0.982. The summed E-state index contributed by atoms with van der Waals surface area (Å²) in [5.74, 6) is 2.68. The summed E-state index contributed by atoms with van der Waals surface area (Å²) in [4.78, 5) is 11.9. The summed E-state index contributed by atoms with van der Waals surface area (Å²) in [5.41, 5.74) is 1.85. The molecule has 0 bridgehead atoms. The Kier molecular flexibility index (Phi) is 2.98. The molecule has 2 aromatic rings. The van der Waals surface area contributed by atoms with Crippen LogP contribution in [0.5, 0.6) is 0 Å². The molecule has 1 aromatic carbocycles. The summed E-state index contributed by atoms with van der Waals surface area (Å²) >= 11 is 0. The zero-order chi connectivity index (χ0) is 14.2. The Morgan fingerprint density at radius 3 is 3.10 bits per heavy atom. The molecule has 2 heterocycles. The largest absolute Gasteiger partial charge is 0.326 e. The van der Waals surface area contributed by atoms with Gasteiger partial charge < -0.3 is 9.88 Å². The van der Waals surface area contributed by atoms with Crippen molar-refractivity contribution in [2.45, 2.75) is 38.6 Å². The monoisotopic (exact) mass is 282 g/mol. The van der Waals surface area contributed by atoms with Gasteiger partial charge >= 0.3 is 0 Å². The van der Waals surface area contributed by atoms with E-state index in [1.54, 1.807) is 0 Å². The van der Waals surface area contributed by atoms with E-state index in [1.807, 2.05) is 24.3 Å². The van der Waals surface area contributed by atoms with E-state index in [0.29, 0.717) is 12.3 Å². The van der Waals surface area contributed by atoms with Gasteiger partial charge in [0, 0.05) is 30.6 Å². The van der Waals surface area contributed by atoms with Crippen LogP contribution in [0.3, 0.4) is 0 Å². The smallest absolute Gasteiger partial charge is 0.224 e. The van der Waals surface area contributed by atoms with E-state index < -0.39 is 0 Å². The highest BCUT2D eigenvalue weighted by atomic mass is 16.1. The van der Waals surface area contributed by atoms with Crippen molar-refractivity contribution in [1.29, 1.82) is 0 Å². The third-order valence-electron chi connectivity index (χ3n) is 4.19. The third-order valence-corrected chi connectivity index (χ3v) is 4.19. The summed E-state index contributed by atoms with van der Waals surface area (Å²) in [7, 11) is 0. The molecule has 1 aliphatic heterocycles. The van der Waals surface area contributed by atoms with Gasteiger partial charge in [-0.2, -0.15) is 0 Å². The van der Waals surface area contributed by atoms with Crippen LogP contribution in [0.25, 0.3) is 11.4 Å². The van der Waals surface area contributed by atoms with Crippen LogP contribution < -0.4 is 5.32 Å². The topological polar surface area (TPSA) is 59.8 Å². The van der Waals surface area contributed by atoms with Gasteiger partial charge in [-0.15, -0.1) is 10.2 Å². The first kappa shape index (κ1) is 12.6. The molecule has 5 nitrogen and oxygen atoms in total. The molecule has 1 amide bonds. The van der Waals surface area contributed by atoms with Crippen LogP contribution in [0.15, 0.2) is 24.3 Å². The Balaban J connectivity index is 1.55. The van der Waals surface area contributed by atoms with E-state index in [4.69, 9.17) is 0 Å². The second-order valence-corrected chi connectivity index (χ2v) is 5.97. The van der Waals surface area contributed by atoms with Gasteiger partial charge in [-0.05, 0) is 37.3 Å². The predicted molar refractivity (Wildman–Crippen MR) is 79.7 cm³/mol. The molecule has 0 radical (unpaired) electrons. The molecule has 1 aromatic heterocycles. The van der Waals surface area contributed by atoms with E-state index in [2.05, 4.69) is 20.1 Å². The maximum Gasteiger partial charge on any atom is 0.224 e. The van der Waals surface area contributed by atoms with E-state index in [0.717, 1.165) is 42.3 Å². The fourth-order valence-electron chi connectivity index (χ4n) is 2.90. The van der Waals surface area contributed by atoms with E-state index in [-0.39, 0.29) is 5.91 Å². The first-order chi connectivity index (χ1) is 10.3. The molecule has 0 unspecified atom stereocenters. The summed E-state index contributed by atoms with van der Waals surface area (Å²) in [6.07, 6.45) is 5.17. The van der Waals surface area contributed by atoms with Gasteiger partial charge in [-0.1, -0.05) is 12.1 Å². The number of anilines is 1. The standard InChI is InChI=1S/C16H18N4O/c21-15(9-11-6-7-11)17-13-4-1-3-12(10-13)16-19-18-14-5-2-8-20(14)16/h1,3-4,10-11H,2,5-9H2,(H,17,21). The molecule has 0 saturated heterocycles. The molecular weight excluding hydrogens is 264 g/mol. The highest BCUT2D eigenvalue weighted by Crippen LogP contribution is 2.32. The lowest BCUT2D eigenvalue weighted by atomic mass is 10.2. The Hall–Kier alpha value is -2.17. The van der Waals surface area contributed by atoms with Crippen molar-refractivity contribution in [2.24, 2.45) is 5.92 Å². The number of aryl methyl sites for hydroxylation is 1. The van der Waals surface area contributed by atoms with Gasteiger partial charge in [0.05, 0.1) is 0 Å². The molecular formula is C16H18N4O. The summed E-state index contributed by atoms with van der Waals surface area (Å²) in [6, 6.07) is 7.89. The van der Waals surface area contributed by atoms with Crippen molar-refractivity contribution in [3.8, 4) is 11.4 Å². The molecule has 0 spiro atoms. The molecule has 1 fully saturated rings. The van der Waals surface area contributed by atoms with Crippen LogP contribution in [0.1, 0.15) is 31.5 Å². The first-order valence-electron chi connectivity index (χ1n) is 7.62. The van der Waals surface area contributed by atoms with Gasteiger partial charge in [0.15, 0.2) is 5.82 Å². The fraction of sp³-hybridized carbons (Fsp3) is 0.438. The lowest BCUT2D eigenvalue weighted by Crippen LogP contribution is -2.11. The van der Waals surface area contributed by atoms with Crippen molar-refractivity contribution in [1.82, 2.24) is 14.8 Å². The lowest BCUT2D eigenvalue weighted by Gasteiger charge is -2.07. The normalized spacial score (nSPS) is 16.8. The predicted octanol–water partition coefficient (Wildman–Crippen LogP) is 2.63. The van der Waals surface area contributed by atoms with Gasteiger partial charge in [0.2, 0.25) is 5.91 Å². The number of nitrogens with zero attached hydrogens (tertiary/aromatic N) is 3. The minimum atomic E-state index is 0.112. The molecule has 1 saturated carbocycles. The first-order valence-corrected chi connectivity index (χ1v) is 7.62. The number of fused-ring (bicyclic) bond motifs is 1. The Morgan fingerprint density at radius 2 is 2.24 bits per heavy atom. The van der Waals surface area contributed by atoms with Crippen LogP contribution in [0, 0.1) is 5.92 Å². The summed E-state index contributed by atoms with van der Waals surface area (Å²) in [5, 5.41) is 11.5. The van der Waals surface area contributed by atoms with Crippen molar-refractivity contribution >= 4 is 11.6 Å². The molecule has 0 atom stereocenters. The van der Waals surface area contributed by atoms with Gasteiger partial charge in [0.25, 0.3) is 0 Å². The molecule has 1 N–H and O–H groups in total. The number of hydrogen-bond donors (Lipinski definition) is 1. The number of amides is 1. The number of hydrogen-bond acceptors (Lipinski definition) is 3. The van der Waals surface area contributed by atoms with E-state index >= 15 is 0 Å². The number of carbonyl (C=O) groups is 1. The zero-order valence-electron chi connectivity index (χ0n) is 11.9. The van der Waals surface area contributed by atoms with Gasteiger partial charge in [0.1, 0.15) is 5.82 Å². The second-order valence-electron chi connectivity index (χ2n) is 5.97. The number of aromatic nitrogens is 3. The summed E-state index contributed by atoms with van der Waals surface area (Å²) < 4.78 is 2.17. The zero-order valence-corrected chi connectivity index (χ0v) is 11.9. The van der Waals surface area contributed by atoms with Crippen LogP contribution in [-0.2, 0) is 17.8 Å². The molecule has 4 rings (SSSR count). The highest BCUT2D eigenvalue weighted by Gasteiger charge is 2.24. The Morgan fingerprint density at radius 1 is 1.33 bits per heavy atom. The number of nitrogens with one attached hydrogen (secondary N) is 1. The quantitative estimate of drug-likeness (QED) is 0.937. The Labute approximate surface area is 123 Å². The number of carbonyl (C=O) groups excluding carboxylic acids is 1. The van der Waals surface area contributed by atoms with E-state index in [1.165, 1.54) is 12.8 Å². The number of benzene rings is 1. The second kappa shape index (κ2) is 4.98. The van der Waals surface area contributed by atoms with Crippen LogP contribution in [0.4, 0.5) is 5.69 Å². The lowest BCUT2D eigenvalue weighted by molar-refractivity contribution is -0.116. The molecule has 5 heteroatoms. The minimum Gasteiger partial charge on any atom is -0.326 e. The van der Waals surface area contributed by atoms with Crippen LogP contribution in [-0.4, -0.2) is 20.7 Å². The number of rotatable bonds is 4. The third kappa shape index (κ3) is 2.55. The fourth-order valence-corrected chi connectivity index (χ4v) is 2.90. The van der Waals surface area contributed by atoms with Gasteiger partial charge in [-0.25, -0.2) is 0 Å². The van der Waals surface area contributed by atoms with Crippen LogP contribution in [0.2, 0.25) is 0 Å². The maximum absolute atomic E-state index is 11.9. The maximum atomic E-state index is 11.9. The van der Waals surface area contributed by atoms with Gasteiger partial charge in [-0.3, -0.25) is 4.79 Å². The minimum absolute atomic E-state index is 0.112. The molecule has 108 valence electrons. The highest BCUT2D eigenvalue weighted by molar-refractivity contribution is 5.91. The molecule has 2 aliphatic rings. The van der Waals surface area contributed by atoms with E-state index in [9.17, 15) is 4.79 Å². The van der Waals surface area contributed by atoms with Crippen molar-refractivity contribution in [2.75, 3.05) is 5.32 Å². The SMILES string of the molecule is O=C(CC1CC1)Nc1cccc(-c2nnc3n2CCC3)c1. The Bertz CT molecular complexity index is 687. The van der Waals surface area contributed by atoms with Crippen molar-refractivity contribution in [3.05, 3.63) is 30.1 Å². The average molecular weight is 282 g/mol. The molecule has 21 heavy (non-hydrogen) atoms. The molecule has 1 aliphatic carbocycles. The van der Waals surface area contributed by atoms with Crippen LogP contribution >= 0.6 is 0 Å². The van der Waals surface area contributed by atoms with Crippen molar-refractivity contribution in [3.63, 3.8) is 0 Å². The van der Waals surface area contributed by atoms with Crippen molar-refractivity contribution < 1.29 is 4.79 Å². The average Bonchev–Trinajstić information content (AvgIpc) is 3.00.